The Morgan fingerprint density at radius 2 is 1.46 bits per heavy atom. The Bertz CT molecular complexity index is 1040. The first-order chi connectivity index (χ1) is 12.7. The van der Waals surface area contributed by atoms with E-state index in [1.807, 2.05) is 43.3 Å². The zero-order valence-corrected chi connectivity index (χ0v) is 14.4. The predicted octanol–water partition coefficient (Wildman–Crippen LogP) is 4.14. The summed E-state index contributed by atoms with van der Waals surface area (Å²) in [5.74, 6) is -0.0375. The first-order valence-corrected chi connectivity index (χ1v) is 8.88. The highest BCUT2D eigenvalue weighted by Gasteiger charge is 2.37. The van der Waals surface area contributed by atoms with Gasteiger partial charge in [0.1, 0.15) is 5.75 Å². The molecule has 0 unspecified atom stereocenters. The topological polar surface area (TPSA) is 46.6 Å². The summed E-state index contributed by atoms with van der Waals surface area (Å²) in [6.07, 6.45) is 1.93. The molecule has 0 saturated heterocycles. The number of nitrogens with zero attached hydrogens (tertiary/aromatic N) is 1. The van der Waals surface area contributed by atoms with Crippen molar-refractivity contribution in [3.63, 3.8) is 0 Å². The van der Waals surface area contributed by atoms with E-state index in [0.717, 1.165) is 23.6 Å². The van der Waals surface area contributed by atoms with Crippen molar-refractivity contribution in [1.82, 2.24) is 0 Å². The van der Waals surface area contributed by atoms with Gasteiger partial charge in [-0.1, -0.05) is 24.3 Å². The third kappa shape index (κ3) is 1.90. The van der Waals surface area contributed by atoms with Crippen LogP contribution in [0.4, 0.5) is 5.69 Å². The summed E-state index contributed by atoms with van der Waals surface area (Å²) in [6.45, 7) is 2.34. The molecule has 0 atom stereocenters. The third-order valence-electron chi connectivity index (χ3n) is 5.27. The number of para-hydroxylation sites is 2. The van der Waals surface area contributed by atoms with Gasteiger partial charge in [0.05, 0.1) is 12.3 Å². The summed E-state index contributed by atoms with van der Waals surface area (Å²) >= 11 is 0. The van der Waals surface area contributed by atoms with Gasteiger partial charge in [-0.15, -0.1) is 0 Å². The molecule has 0 fully saturated rings. The number of hydrogen-bond donors (Lipinski definition) is 0. The lowest BCUT2D eigenvalue weighted by Crippen LogP contribution is -2.40. The quantitative estimate of drug-likeness (QED) is 0.672. The molecule has 128 valence electrons. The molecule has 2 amide bonds. The van der Waals surface area contributed by atoms with Crippen molar-refractivity contribution in [2.45, 2.75) is 19.8 Å². The van der Waals surface area contributed by atoms with Gasteiger partial charge in [0.2, 0.25) is 0 Å². The number of ether oxygens (including phenoxy) is 1. The minimum atomic E-state index is -0.287. The van der Waals surface area contributed by atoms with Gasteiger partial charge in [-0.2, -0.15) is 0 Å². The Hall–Kier alpha value is -3.14. The lowest BCUT2D eigenvalue weighted by atomic mass is 9.91. The van der Waals surface area contributed by atoms with Crippen molar-refractivity contribution in [2.75, 3.05) is 11.5 Å². The number of carbonyl (C=O) groups excluding carboxylic acids is 2. The zero-order chi connectivity index (χ0) is 17.8. The van der Waals surface area contributed by atoms with Gasteiger partial charge < -0.3 is 4.74 Å². The van der Waals surface area contributed by atoms with Crippen molar-refractivity contribution in [3.05, 3.63) is 70.8 Å². The highest BCUT2D eigenvalue weighted by molar-refractivity contribution is 6.36. The number of rotatable bonds is 3. The van der Waals surface area contributed by atoms with Crippen molar-refractivity contribution in [2.24, 2.45) is 0 Å². The molecule has 0 aromatic heterocycles. The first kappa shape index (κ1) is 15.1. The highest BCUT2D eigenvalue weighted by Crippen LogP contribution is 2.41. The fraction of sp³-hybridized carbons (Fsp3) is 0.182. The van der Waals surface area contributed by atoms with Crippen LogP contribution in [0.1, 0.15) is 38.8 Å². The van der Waals surface area contributed by atoms with Crippen LogP contribution in [0.15, 0.2) is 48.5 Å². The van der Waals surface area contributed by atoms with Crippen molar-refractivity contribution >= 4 is 28.3 Å². The monoisotopic (exact) mass is 343 g/mol. The van der Waals surface area contributed by atoms with Crippen LogP contribution in [0.3, 0.4) is 0 Å². The molecule has 0 bridgehead atoms. The molecule has 3 aromatic carbocycles. The molecule has 26 heavy (non-hydrogen) atoms. The van der Waals surface area contributed by atoms with Gasteiger partial charge in [-0.25, -0.2) is 4.90 Å². The minimum absolute atomic E-state index is 0.287. The van der Waals surface area contributed by atoms with E-state index >= 15 is 0 Å². The SMILES string of the molecule is CCOc1ccccc1N1C(=O)c2ccc3c4c(ccc(c24)C1=O)CC3. The van der Waals surface area contributed by atoms with Crippen LogP contribution in [0.25, 0.3) is 10.8 Å². The number of aryl methyl sites for hydroxylation is 2. The van der Waals surface area contributed by atoms with Gasteiger partial charge in [0.15, 0.2) is 0 Å². The van der Waals surface area contributed by atoms with Crippen LogP contribution in [0, 0.1) is 0 Å². The average Bonchev–Trinajstić information content (AvgIpc) is 3.08. The van der Waals surface area contributed by atoms with Crippen LogP contribution in [-0.2, 0) is 12.8 Å². The molecule has 0 radical (unpaired) electrons. The van der Waals surface area contributed by atoms with E-state index in [-0.39, 0.29) is 11.8 Å². The molecule has 1 aliphatic heterocycles. The maximum atomic E-state index is 13.3. The average molecular weight is 343 g/mol. The third-order valence-corrected chi connectivity index (χ3v) is 5.27. The molecular weight excluding hydrogens is 326 g/mol. The maximum absolute atomic E-state index is 13.3. The Balaban J connectivity index is 1.76. The van der Waals surface area contributed by atoms with Gasteiger partial charge in [0, 0.05) is 16.5 Å². The first-order valence-electron chi connectivity index (χ1n) is 8.88. The smallest absolute Gasteiger partial charge is 0.266 e. The fourth-order valence-electron chi connectivity index (χ4n) is 4.16. The number of benzene rings is 3. The highest BCUT2D eigenvalue weighted by atomic mass is 16.5. The summed E-state index contributed by atoms with van der Waals surface area (Å²) in [7, 11) is 0. The normalized spacial score (nSPS) is 15.0. The van der Waals surface area contributed by atoms with E-state index < -0.39 is 0 Å². The van der Waals surface area contributed by atoms with E-state index in [4.69, 9.17) is 4.74 Å². The summed E-state index contributed by atoms with van der Waals surface area (Å²) in [5.41, 5.74) is 4.13. The number of hydrogen-bond acceptors (Lipinski definition) is 3. The standard InChI is InChI=1S/C22H17NO3/c1-2-26-18-6-4-3-5-17(18)23-21(24)15-11-9-13-7-8-14-10-12-16(22(23)25)20(15)19(13)14/h3-6,9-12H,2,7-8H2,1H3. The molecule has 5 rings (SSSR count). The number of carbonyl (C=O) groups is 2. The number of amides is 2. The second kappa shape index (κ2) is 5.43. The predicted molar refractivity (Wildman–Crippen MR) is 100 cm³/mol. The molecule has 1 heterocycles. The fourth-order valence-corrected chi connectivity index (χ4v) is 4.16. The Kier molecular flexibility index (Phi) is 3.16. The largest absolute Gasteiger partial charge is 0.492 e. The molecule has 4 heteroatoms. The zero-order valence-electron chi connectivity index (χ0n) is 14.4. The van der Waals surface area contributed by atoms with Crippen LogP contribution >= 0.6 is 0 Å². The van der Waals surface area contributed by atoms with Crippen LogP contribution in [0.2, 0.25) is 0 Å². The van der Waals surface area contributed by atoms with E-state index in [2.05, 4.69) is 0 Å². The second-order valence-corrected chi connectivity index (χ2v) is 6.64. The second-order valence-electron chi connectivity index (χ2n) is 6.64. The van der Waals surface area contributed by atoms with E-state index in [0.29, 0.717) is 29.2 Å². The number of anilines is 1. The Morgan fingerprint density at radius 3 is 2.08 bits per heavy atom. The summed E-state index contributed by atoms with van der Waals surface area (Å²) in [4.78, 5) is 27.8. The molecule has 0 saturated carbocycles. The lowest BCUT2D eigenvalue weighted by Gasteiger charge is -2.28. The minimum Gasteiger partial charge on any atom is -0.492 e. The molecular formula is C22H17NO3. The molecule has 0 N–H and O–H groups in total. The summed E-state index contributed by atoms with van der Waals surface area (Å²) < 4.78 is 5.65. The Labute approximate surface area is 151 Å². The van der Waals surface area contributed by atoms with Crippen molar-refractivity contribution in [1.29, 1.82) is 0 Å². The Morgan fingerprint density at radius 1 is 0.846 bits per heavy atom. The molecule has 2 aliphatic rings. The van der Waals surface area contributed by atoms with Crippen LogP contribution in [0.5, 0.6) is 5.75 Å². The molecule has 0 spiro atoms. The van der Waals surface area contributed by atoms with Crippen LogP contribution < -0.4 is 9.64 Å². The molecule has 3 aromatic rings. The van der Waals surface area contributed by atoms with Gasteiger partial charge in [-0.3, -0.25) is 9.59 Å². The summed E-state index contributed by atoms with van der Waals surface area (Å²) in [5, 5.41) is 1.91. The molecule has 1 aliphatic carbocycles. The van der Waals surface area contributed by atoms with E-state index in [1.54, 1.807) is 12.1 Å². The molecule has 4 nitrogen and oxygen atoms in total. The summed E-state index contributed by atoms with van der Waals surface area (Å²) in [6, 6.07) is 15.0. The van der Waals surface area contributed by atoms with Crippen LogP contribution in [-0.4, -0.2) is 18.4 Å². The maximum Gasteiger partial charge on any atom is 0.266 e. The van der Waals surface area contributed by atoms with Crippen molar-refractivity contribution in [3.8, 4) is 5.75 Å². The lowest BCUT2D eigenvalue weighted by molar-refractivity contribution is 0.0892. The van der Waals surface area contributed by atoms with Gasteiger partial charge in [0.25, 0.3) is 11.8 Å². The van der Waals surface area contributed by atoms with Crippen molar-refractivity contribution < 1.29 is 14.3 Å². The van der Waals surface area contributed by atoms with Gasteiger partial charge >= 0.3 is 0 Å². The number of imide groups is 1. The van der Waals surface area contributed by atoms with E-state index in [1.165, 1.54) is 16.0 Å². The van der Waals surface area contributed by atoms with E-state index in [9.17, 15) is 9.59 Å². The van der Waals surface area contributed by atoms with Gasteiger partial charge in [-0.05, 0) is 60.5 Å².